The summed E-state index contributed by atoms with van der Waals surface area (Å²) in [6.45, 7) is 7.64. The zero-order valence-corrected chi connectivity index (χ0v) is 12.3. The van der Waals surface area contributed by atoms with Crippen LogP contribution in [-0.4, -0.2) is 15.8 Å². The van der Waals surface area contributed by atoms with Crippen molar-refractivity contribution < 1.29 is 0 Å². The zero-order valence-electron chi connectivity index (χ0n) is 12.3. The van der Waals surface area contributed by atoms with Crippen molar-refractivity contribution in [3.05, 3.63) is 17.0 Å². The van der Waals surface area contributed by atoms with Gasteiger partial charge in [-0.25, -0.2) is 0 Å². The van der Waals surface area contributed by atoms with Crippen molar-refractivity contribution >= 4 is 0 Å². The van der Waals surface area contributed by atoms with Crippen molar-refractivity contribution in [2.75, 3.05) is 0 Å². The predicted molar refractivity (Wildman–Crippen MR) is 75.6 cm³/mol. The van der Waals surface area contributed by atoms with Crippen molar-refractivity contribution in [3.63, 3.8) is 0 Å². The molecule has 1 heterocycles. The standard InChI is InChI=1S/C15H27N3/c1-11-8-6-5-7-9-15(11)16-10-14-12(2)17-18(4)13(14)3/h11,15-16H,5-10H2,1-4H3. The van der Waals surface area contributed by atoms with Crippen molar-refractivity contribution in [2.24, 2.45) is 13.0 Å². The van der Waals surface area contributed by atoms with E-state index in [0.717, 1.165) is 12.5 Å². The van der Waals surface area contributed by atoms with Crippen LogP contribution >= 0.6 is 0 Å². The molecule has 1 N–H and O–H groups in total. The van der Waals surface area contributed by atoms with Crippen molar-refractivity contribution in [3.8, 4) is 0 Å². The first-order valence-corrected chi connectivity index (χ1v) is 7.32. The second kappa shape index (κ2) is 5.87. The second-order valence-electron chi connectivity index (χ2n) is 5.88. The second-order valence-corrected chi connectivity index (χ2v) is 5.88. The molecule has 1 aromatic rings. The van der Waals surface area contributed by atoms with Gasteiger partial charge in [-0.15, -0.1) is 0 Å². The molecule has 3 nitrogen and oxygen atoms in total. The molecule has 2 unspecified atom stereocenters. The molecule has 0 radical (unpaired) electrons. The van der Waals surface area contributed by atoms with Gasteiger partial charge in [-0.2, -0.15) is 5.10 Å². The van der Waals surface area contributed by atoms with Crippen molar-refractivity contribution in [1.29, 1.82) is 0 Å². The number of hydrogen-bond acceptors (Lipinski definition) is 2. The third kappa shape index (κ3) is 2.94. The Morgan fingerprint density at radius 3 is 2.61 bits per heavy atom. The summed E-state index contributed by atoms with van der Waals surface area (Å²) in [5.41, 5.74) is 3.85. The smallest absolute Gasteiger partial charge is 0.0641 e. The summed E-state index contributed by atoms with van der Waals surface area (Å²) < 4.78 is 1.99. The lowest BCUT2D eigenvalue weighted by Gasteiger charge is -2.23. The molecule has 1 aliphatic rings. The summed E-state index contributed by atoms with van der Waals surface area (Å²) in [6, 6.07) is 0.687. The van der Waals surface area contributed by atoms with Gasteiger partial charge in [-0.3, -0.25) is 4.68 Å². The van der Waals surface area contributed by atoms with E-state index in [1.807, 2.05) is 11.7 Å². The van der Waals surface area contributed by atoms with Crippen LogP contribution in [0.2, 0.25) is 0 Å². The monoisotopic (exact) mass is 249 g/mol. The number of nitrogens with zero attached hydrogens (tertiary/aromatic N) is 2. The number of nitrogens with one attached hydrogen (secondary N) is 1. The highest BCUT2D eigenvalue weighted by Crippen LogP contribution is 2.23. The topological polar surface area (TPSA) is 29.9 Å². The van der Waals surface area contributed by atoms with E-state index in [4.69, 9.17) is 0 Å². The molecule has 0 aliphatic heterocycles. The van der Waals surface area contributed by atoms with Crippen LogP contribution in [0, 0.1) is 19.8 Å². The largest absolute Gasteiger partial charge is 0.310 e. The Bertz CT molecular complexity index is 395. The fourth-order valence-electron chi connectivity index (χ4n) is 3.10. The Balaban J connectivity index is 1.97. The molecule has 2 atom stereocenters. The maximum atomic E-state index is 4.49. The van der Waals surface area contributed by atoms with Crippen LogP contribution in [0.1, 0.15) is 56.0 Å². The summed E-state index contributed by atoms with van der Waals surface area (Å²) in [5, 5.41) is 8.26. The van der Waals surface area contributed by atoms with Crippen LogP contribution in [-0.2, 0) is 13.6 Å². The maximum absolute atomic E-state index is 4.49. The average Bonchev–Trinajstić information content (AvgIpc) is 2.51. The molecule has 2 rings (SSSR count). The number of aryl methyl sites for hydroxylation is 2. The maximum Gasteiger partial charge on any atom is 0.0641 e. The summed E-state index contributed by atoms with van der Waals surface area (Å²) in [7, 11) is 2.03. The Hall–Kier alpha value is -0.830. The van der Waals surface area contributed by atoms with Gasteiger partial charge in [-0.05, 0) is 32.6 Å². The molecule has 0 aromatic carbocycles. The first-order valence-electron chi connectivity index (χ1n) is 7.32. The van der Waals surface area contributed by atoms with Crippen LogP contribution in [0.15, 0.2) is 0 Å². The van der Waals surface area contributed by atoms with Gasteiger partial charge in [0, 0.05) is 30.9 Å². The van der Waals surface area contributed by atoms with E-state index in [1.54, 1.807) is 0 Å². The molecule has 3 heteroatoms. The SMILES string of the molecule is Cc1nn(C)c(C)c1CNC1CCCCCC1C. The van der Waals surface area contributed by atoms with Crippen molar-refractivity contribution in [2.45, 2.75) is 65.5 Å². The molecular formula is C15H27N3. The Morgan fingerprint density at radius 2 is 1.94 bits per heavy atom. The summed E-state index contributed by atoms with van der Waals surface area (Å²) >= 11 is 0. The van der Waals surface area contributed by atoms with Gasteiger partial charge in [-0.1, -0.05) is 26.2 Å². The van der Waals surface area contributed by atoms with Gasteiger partial charge in [0.2, 0.25) is 0 Å². The molecule has 0 bridgehead atoms. The molecule has 0 spiro atoms. The first kappa shape index (κ1) is 13.6. The summed E-state index contributed by atoms with van der Waals surface area (Å²) in [6.07, 6.45) is 6.91. The lowest BCUT2D eigenvalue weighted by Crippen LogP contribution is -2.34. The van der Waals surface area contributed by atoms with Gasteiger partial charge < -0.3 is 5.32 Å². The third-order valence-electron chi connectivity index (χ3n) is 4.56. The lowest BCUT2D eigenvalue weighted by molar-refractivity contribution is 0.355. The minimum absolute atomic E-state index is 0.687. The van der Waals surface area contributed by atoms with Crippen LogP contribution < -0.4 is 5.32 Å². The molecule has 1 fully saturated rings. The van der Waals surface area contributed by atoms with Gasteiger partial charge in [0.15, 0.2) is 0 Å². The molecule has 1 aliphatic carbocycles. The highest BCUT2D eigenvalue weighted by Gasteiger charge is 2.20. The Labute approximate surface area is 111 Å². The molecule has 18 heavy (non-hydrogen) atoms. The van der Waals surface area contributed by atoms with Crippen molar-refractivity contribution in [1.82, 2.24) is 15.1 Å². The zero-order chi connectivity index (χ0) is 13.1. The normalized spacial score (nSPS) is 25.1. The minimum Gasteiger partial charge on any atom is -0.310 e. The van der Waals surface area contributed by atoms with Gasteiger partial charge in [0.1, 0.15) is 0 Å². The van der Waals surface area contributed by atoms with Crippen LogP contribution in [0.3, 0.4) is 0 Å². The van der Waals surface area contributed by atoms with E-state index in [1.165, 1.54) is 49.1 Å². The number of hydrogen-bond donors (Lipinski definition) is 1. The van der Waals surface area contributed by atoms with Crippen LogP contribution in [0.4, 0.5) is 0 Å². The number of rotatable bonds is 3. The van der Waals surface area contributed by atoms with E-state index in [2.05, 4.69) is 31.2 Å². The molecule has 1 saturated carbocycles. The third-order valence-corrected chi connectivity index (χ3v) is 4.56. The highest BCUT2D eigenvalue weighted by molar-refractivity contribution is 5.24. The van der Waals surface area contributed by atoms with Crippen LogP contribution in [0.25, 0.3) is 0 Å². The number of aromatic nitrogens is 2. The van der Waals surface area contributed by atoms with E-state index in [0.29, 0.717) is 6.04 Å². The van der Waals surface area contributed by atoms with E-state index in [9.17, 15) is 0 Å². The quantitative estimate of drug-likeness (QED) is 0.834. The van der Waals surface area contributed by atoms with E-state index >= 15 is 0 Å². The fourth-order valence-corrected chi connectivity index (χ4v) is 3.10. The molecule has 0 saturated heterocycles. The Kier molecular flexibility index (Phi) is 4.44. The fraction of sp³-hybridized carbons (Fsp3) is 0.800. The highest BCUT2D eigenvalue weighted by atomic mass is 15.3. The van der Waals surface area contributed by atoms with Gasteiger partial charge >= 0.3 is 0 Å². The molecule has 102 valence electrons. The van der Waals surface area contributed by atoms with E-state index < -0.39 is 0 Å². The first-order chi connectivity index (χ1) is 8.59. The van der Waals surface area contributed by atoms with Gasteiger partial charge in [0.25, 0.3) is 0 Å². The predicted octanol–water partition coefficient (Wildman–Crippen LogP) is 3.10. The Morgan fingerprint density at radius 1 is 1.22 bits per heavy atom. The van der Waals surface area contributed by atoms with E-state index in [-0.39, 0.29) is 0 Å². The average molecular weight is 249 g/mol. The molecule has 0 amide bonds. The minimum atomic E-state index is 0.687. The summed E-state index contributed by atoms with van der Waals surface area (Å²) in [4.78, 5) is 0. The molecule has 1 aromatic heterocycles. The van der Waals surface area contributed by atoms with Gasteiger partial charge in [0.05, 0.1) is 5.69 Å². The van der Waals surface area contributed by atoms with Crippen LogP contribution in [0.5, 0.6) is 0 Å². The summed E-state index contributed by atoms with van der Waals surface area (Å²) in [5.74, 6) is 0.810. The lowest BCUT2D eigenvalue weighted by atomic mass is 9.96. The molecular weight excluding hydrogens is 222 g/mol.